The highest BCUT2D eigenvalue weighted by Crippen LogP contribution is 2.29. The Kier molecular flexibility index (Phi) is 4.45. The lowest BCUT2D eigenvalue weighted by Gasteiger charge is -2.31. The Morgan fingerprint density at radius 1 is 1.65 bits per heavy atom. The van der Waals surface area contributed by atoms with Crippen LogP contribution in [0.25, 0.3) is 0 Å². The Hall–Kier alpha value is -1.00. The minimum Gasteiger partial charge on any atom is -0.381 e. The summed E-state index contributed by atoms with van der Waals surface area (Å²) >= 11 is 0. The minimum absolute atomic E-state index is 0.0308. The summed E-state index contributed by atoms with van der Waals surface area (Å²) in [7, 11) is 0. The van der Waals surface area contributed by atoms with Gasteiger partial charge in [0, 0.05) is 30.3 Å². The summed E-state index contributed by atoms with van der Waals surface area (Å²) in [5, 5.41) is 3.36. The van der Waals surface area contributed by atoms with Crippen molar-refractivity contribution in [3.05, 3.63) is 29.8 Å². The second-order valence-corrected chi connectivity index (χ2v) is 4.41. The van der Waals surface area contributed by atoms with Gasteiger partial charge >= 0.3 is 0 Å². The van der Waals surface area contributed by atoms with Crippen LogP contribution in [0.4, 0.5) is 4.39 Å². The summed E-state index contributed by atoms with van der Waals surface area (Å²) in [5.74, 6) is 0.115. The first-order valence-electron chi connectivity index (χ1n) is 6.23. The molecule has 0 radical (unpaired) electrons. The lowest BCUT2D eigenvalue weighted by atomic mass is 9.89. The molecule has 1 fully saturated rings. The zero-order valence-corrected chi connectivity index (χ0v) is 10.2. The van der Waals surface area contributed by atoms with E-state index in [9.17, 15) is 4.39 Å². The van der Waals surface area contributed by atoms with E-state index in [0.717, 1.165) is 26.0 Å². The van der Waals surface area contributed by atoms with Gasteiger partial charge in [0.05, 0.1) is 12.8 Å². The van der Waals surface area contributed by atoms with Crippen molar-refractivity contribution in [2.24, 2.45) is 5.92 Å². The van der Waals surface area contributed by atoms with Crippen molar-refractivity contribution < 1.29 is 9.13 Å². The van der Waals surface area contributed by atoms with Crippen molar-refractivity contribution in [1.82, 2.24) is 10.3 Å². The van der Waals surface area contributed by atoms with E-state index in [1.165, 1.54) is 6.20 Å². The fourth-order valence-electron chi connectivity index (χ4n) is 2.42. The molecule has 3 nitrogen and oxygen atoms in total. The number of halogens is 1. The van der Waals surface area contributed by atoms with Gasteiger partial charge in [-0.05, 0) is 25.5 Å². The summed E-state index contributed by atoms with van der Waals surface area (Å²) in [5.41, 5.74) is 0.706. The Morgan fingerprint density at radius 3 is 3.18 bits per heavy atom. The van der Waals surface area contributed by atoms with E-state index >= 15 is 0 Å². The molecule has 0 amide bonds. The molecule has 1 aromatic rings. The Morgan fingerprint density at radius 2 is 2.53 bits per heavy atom. The van der Waals surface area contributed by atoms with Crippen LogP contribution in [-0.2, 0) is 4.74 Å². The van der Waals surface area contributed by atoms with E-state index in [2.05, 4.69) is 10.3 Å². The zero-order valence-electron chi connectivity index (χ0n) is 10.2. The van der Waals surface area contributed by atoms with Crippen molar-refractivity contribution in [3.63, 3.8) is 0 Å². The molecule has 2 heterocycles. The van der Waals surface area contributed by atoms with Gasteiger partial charge < -0.3 is 10.1 Å². The van der Waals surface area contributed by atoms with Crippen molar-refractivity contribution in [1.29, 1.82) is 0 Å². The fourth-order valence-corrected chi connectivity index (χ4v) is 2.42. The van der Waals surface area contributed by atoms with Crippen LogP contribution in [0.1, 0.15) is 31.4 Å². The highest BCUT2D eigenvalue weighted by atomic mass is 19.1. The lowest BCUT2D eigenvalue weighted by Crippen LogP contribution is -2.34. The molecule has 0 aromatic carbocycles. The number of ether oxygens (including phenoxy) is 1. The normalized spacial score (nSPS) is 22.4. The molecule has 2 atom stereocenters. The van der Waals surface area contributed by atoms with Crippen LogP contribution >= 0.6 is 0 Å². The van der Waals surface area contributed by atoms with Gasteiger partial charge in [-0.1, -0.05) is 6.92 Å². The van der Waals surface area contributed by atoms with E-state index in [-0.39, 0.29) is 11.9 Å². The first kappa shape index (κ1) is 12.5. The van der Waals surface area contributed by atoms with Gasteiger partial charge in [-0.15, -0.1) is 0 Å². The molecule has 94 valence electrons. The highest BCUT2D eigenvalue weighted by Gasteiger charge is 2.26. The molecule has 1 aliphatic heterocycles. The number of hydrogen-bond acceptors (Lipinski definition) is 3. The quantitative estimate of drug-likeness (QED) is 0.874. The van der Waals surface area contributed by atoms with Gasteiger partial charge in [-0.3, -0.25) is 4.98 Å². The van der Waals surface area contributed by atoms with E-state index in [4.69, 9.17) is 4.74 Å². The first-order valence-corrected chi connectivity index (χ1v) is 6.23. The molecule has 2 rings (SSSR count). The Labute approximate surface area is 101 Å². The van der Waals surface area contributed by atoms with Crippen LogP contribution in [0.3, 0.4) is 0 Å². The Balaban J connectivity index is 2.18. The van der Waals surface area contributed by atoms with Gasteiger partial charge in [0.15, 0.2) is 0 Å². The van der Waals surface area contributed by atoms with E-state index in [1.807, 2.05) is 6.92 Å². The summed E-state index contributed by atoms with van der Waals surface area (Å²) in [6, 6.07) is 1.79. The number of rotatable bonds is 4. The first-order chi connectivity index (χ1) is 8.33. The molecule has 0 saturated carbocycles. The van der Waals surface area contributed by atoms with Crippen LogP contribution in [-0.4, -0.2) is 24.7 Å². The van der Waals surface area contributed by atoms with E-state index in [0.29, 0.717) is 18.1 Å². The molecule has 0 bridgehead atoms. The molecule has 2 unspecified atom stereocenters. The third-order valence-electron chi connectivity index (χ3n) is 3.23. The molecule has 1 aliphatic rings. The molecule has 1 saturated heterocycles. The highest BCUT2D eigenvalue weighted by molar-refractivity contribution is 5.18. The van der Waals surface area contributed by atoms with Crippen molar-refractivity contribution in [2.75, 3.05) is 19.8 Å². The molecule has 0 aliphatic carbocycles. The van der Waals surface area contributed by atoms with Gasteiger partial charge in [-0.2, -0.15) is 0 Å². The number of hydrogen-bond donors (Lipinski definition) is 1. The monoisotopic (exact) mass is 238 g/mol. The number of pyridine rings is 1. The Bertz CT molecular complexity index is 353. The molecular weight excluding hydrogens is 219 g/mol. The van der Waals surface area contributed by atoms with Crippen molar-refractivity contribution in [3.8, 4) is 0 Å². The van der Waals surface area contributed by atoms with Gasteiger partial charge in [-0.25, -0.2) is 4.39 Å². The summed E-state index contributed by atoms with van der Waals surface area (Å²) in [4.78, 5) is 3.80. The molecular formula is C13H19FN2O. The standard InChI is InChI=1S/C13H19FN2O/c1-2-16-13(10-4-3-7-17-9-10)11-5-6-15-8-12(11)14/h5-6,8,10,13,16H,2-4,7,9H2,1H3. The third kappa shape index (κ3) is 3.01. The van der Waals surface area contributed by atoms with E-state index in [1.54, 1.807) is 12.3 Å². The minimum atomic E-state index is -0.232. The van der Waals surface area contributed by atoms with Crippen LogP contribution in [0.15, 0.2) is 18.5 Å². The number of nitrogens with one attached hydrogen (secondary N) is 1. The van der Waals surface area contributed by atoms with Crippen LogP contribution in [0, 0.1) is 11.7 Å². The summed E-state index contributed by atoms with van der Waals surface area (Å²) in [6.07, 6.45) is 5.06. The second-order valence-electron chi connectivity index (χ2n) is 4.41. The maximum Gasteiger partial charge on any atom is 0.146 e. The number of aromatic nitrogens is 1. The average molecular weight is 238 g/mol. The van der Waals surface area contributed by atoms with Crippen molar-refractivity contribution >= 4 is 0 Å². The maximum absolute atomic E-state index is 13.8. The van der Waals surface area contributed by atoms with E-state index < -0.39 is 0 Å². The predicted octanol–water partition coefficient (Wildman–Crippen LogP) is 2.30. The fraction of sp³-hybridized carbons (Fsp3) is 0.615. The summed E-state index contributed by atoms with van der Waals surface area (Å²) in [6.45, 7) is 4.40. The largest absolute Gasteiger partial charge is 0.381 e. The van der Waals surface area contributed by atoms with Gasteiger partial charge in [0.2, 0.25) is 0 Å². The SMILES string of the molecule is CCNC(c1ccncc1F)C1CCCOC1. The van der Waals surface area contributed by atoms with Crippen LogP contribution in [0.5, 0.6) is 0 Å². The maximum atomic E-state index is 13.8. The van der Waals surface area contributed by atoms with Crippen LogP contribution < -0.4 is 5.32 Å². The zero-order chi connectivity index (χ0) is 12.1. The second kappa shape index (κ2) is 6.07. The summed E-state index contributed by atoms with van der Waals surface area (Å²) < 4.78 is 19.3. The van der Waals surface area contributed by atoms with Crippen molar-refractivity contribution in [2.45, 2.75) is 25.8 Å². The molecule has 0 spiro atoms. The number of nitrogens with zero attached hydrogens (tertiary/aromatic N) is 1. The lowest BCUT2D eigenvalue weighted by molar-refractivity contribution is 0.0387. The topological polar surface area (TPSA) is 34.2 Å². The molecule has 17 heavy (non-hydrogen) atoms. The van der Waals surface area contributed by atoms with Gasteiger partial charge in [0.1, 0.15) is 5.82 Å². The third-order valence-corrected chi connectivity index (χ3v) is 3.23. The predicted molar refractivity (Wildman–Crippen MR) is 64.2 cm³/mol. The molecule has 4 heteroatoms. The average Bonchev–Trinajstić information content (AvgIpc) is 2.38. The van der Waals surface area contributed by atoms with Gasteiger partial charge in [0.25, 0.3) is 0 Å². The molecule has 1 aromatic heterocycles. The smallest absolute Gasteiger partial charge is 0.146 e. The molecule has 1 N–H and O–H groups in total. The van der Waals surface area contributed by atoms with Crippen LogP contribution in [0.2, 0.25) is 0 Å².